The molecule has 0 aliphatic heterocycles. The van der Waals surface area contributed by atoms with Gasteiger partial charge in [0.25, 0.3) is 5.91 Å². The van der Waals surface area contributed by atoms with Crippen LogP contribution in [0, 0.1) is 0 Å². The van der Waals surface area contributed by atoms with Gasteiger partial charge in [-0.15, -0.1) is 0 Å². The van der Waals surface area contributed by atoms with E-state index < -0.39 is 5.91 Å². The van der Waals surface area contributed by atoms with Crippen molar-refractivity contribution >= 4 is 11.9 Å². The second kappa shape index (κ2) is 8.82. The van der Waals surface area contributed by atoms with Gasteiger partial charge in [-0.1, -0.05) is 24.3 Å². The molecule has 4 N–H and O–H groups in total. The van der Waals surface area contributed by atoms with Gasteiger partial charge < -0.3 is 21.1 Å². The highest BCUT2D eigenvalue weighted by Gasteiger charge is 2.11. The first-order chi connectivity index (χ1) is 11.2. The molecule has 0 saturated heterocycles. The molecule has 1 aromatic rings. The van der Waals surface area contributed by atoms with Crippen LogP contribution in [0.2, 0.25) is 0 Å². The second-order valence-corrected chi connectivity index (χ2v) is 5.43. The minimum absolute atomic E-state index is 0.0983. The van der Waals surface area contributed by atoms with E-state index in [2.05, 4.69) is 27.8 Å². The fourth-order valence-corrected chi connectivity index (χ4v) is 2.36. The first-order valence-electron chi connectivity index (χ1n) is 7.79. The monoisotopic (exact) mass is 316 g/mol. The van der Waals surface area contributed by atoms with Crippen molar-refractivity contribution in [3.8, 4) is 5.75 Å². The van der Waals surface area contributed by atoms with Crippen molar-refractivity contribution in [1.29, 1.82) is 0 Å². The van der Waals surface area contributed by atoms with E-state index in [0.717, 1.165) is 31.8 Å². The number of benzene rings is 1. The molecule has 1 amide bonds. The van der Waals surface area contributed by atoms with Crippen molar-refractivity contribution in [2.24, 2.45) is 10.7 Å². The molecule has 2 rings (SSSR count). The second-order valence-electron chi connectivity index (χ2n) is 5.43. The summed E-state index contributed by atoms with van der Waals surface area (Å²) in [5.74, 6) is 1.00. The number of amides is 1. The van der Waals surface area contributed by atoms with E-state index in [-0.39, 0.29) is 6.61 Å². The summed E-state index contributed by atoms with van der Waals surface area (Å²) in [4.78, 5) is 14.9. The molecule has 0 heterocycles. The smallest absolute Gasteiger partial charge is 0.255 e. The summed E-state index contributed by atoms with van der Waals surface area (Å²) < 4.78 is 5.23. The molecule has 0 unspecified atom stereocenters. The summed E-state index contributed by atoms with van der Waals surface area (Å²) in [7, 11) is 1.78. The Morgan fingerprint density at radius 2 is 2.00 bits per heavy atom. The summed E-state index contributed by atoms with van der Waals surface area (Å²) in [6.45, 7) is 0.695. The largest absolute Gasteiger partial charge is 0.484 e. The van der Waals surface area contributed by atoms with Crippen LogP contribution in [0.1, 0.15) is 18.4 Å². The number of carbonyl (C=O) groups is 1. The van der Waals surface area contributed by atoms with Gasteiger partial charge in [-0.05, 0) is 37.0 Å². The Morgan fingerprint density at radius 3 is 2.61 bits per heavy atom. The highest BCUT2D eigenvalue weighted by Crippen LogP contribution is 2.12. The fraction of sp³-hybridized carbons (Fsp3) is 0.412. The Morgan fingerprint density at radius 1 is 1.30 bits per heavy atom. The van der Waals surface area contributed by atoms with Crippen LogP contribution in [0.5, 0.6) is 5.75 Å². The first kappa shape index (κ1) is 16.9. The van der Waals surface area contributed by atoms with E-state index in [9.17, 15) is 4.79 Å². The third-order valence-electron chi connectivity index (χ3n) is 3.58. The number of rotatable bonds is 7. The molecule has 1 aromatic carbocycles. The lowest BCUT2D eigenvalue weighted by atomic mass is 10.1. The van der Waals surface area contributed by atoms with Crippen molar-refractivity contribution in [3.05, 3.63) is 42.0 Å². The number of nitrogens with one attached hydrogen (secondary N) is 2. The molecule has 0 atom stereocenters. The number of nitrogens with two attached hydrogens (primary N) is 1. The van der Waals surface area contributed by atoms with Gasteiger partial charge in [0.2, 0.25) is 0 Å². The average molecular weight is 316 g/mol. The van der Waals surface area contributed by atoms with Crippen molar-refractivity contribution in [1.82, 2.24) is 10.6 Å². The maximum absolute atomic E-state index is 10.7. The predicted molar refractivity (Wildman–Crippen MR) is 91.5 cm³/mol. The number of ether oxygens (including phenoxy) is 1. The van der Waals surface area contributed by atoms with E-state index in [1.807, 2.05) is 24.3 Å². The molecule has 23 heavy (non-hydrogen) atoms. The van der Waals surface area contributed by atoms with Crippen LogP contribution >= 0.6 is 0 Å². The molecule has 0 saturated carbocycles. The van der Waals surface area contributed by atoms with Crippen molar-refractivity contribution in [2.75, 3.05) is 20.2 Å². The third kappa shape index (κ3) is 6.02. The van der Waals surface area contributed by atoms with E-state index in [4.69, 9.17) is 10.5 Å². The lowest BCUT2D eigenvalue weighted by molar-refractivity contribution is -0.119. The molecule has 1 aliphatic carbocycles. The quantitative estimate of drug-likeness (QED) is 0.397. The topological polar surface area (TPSA) is 88.7 Å². The van der Waals surface area contributed by atoms with Gasteiger partial charge >= 0.3 is 0 Å². The minimum atomic E-state index is -0.477. The van der Waals surface area contributed by atoms with E-state index in [1.165, 1.54) is 5.56 Å². The standard InChI is InChI=1S/C17H24N4O2/c1-19-17(21-14-4-2-3-5-14)20-11-10-13-6-8-15(9-7-13)23-12-16(18)22/h2-3,6-9,14H,4-5,10-12H2,1H3,(H2,18,22)(H2,19,20,21). The Kier molecular flexibility index (Phi) is 6.47. The Labute approximate surface area is 136 Å². The minimum Gasteiger partial charge on any atom is -0.484 e. The fourth-order valence-electron chi connectivity index (χ4n) is 2.36. The lowest BCUT2D eigenvalue weighted by Gasteiger charge is -2.16. The van der Waals surface area contributed by atoms with Crippen LogP contribution in [0.25, 0.3) is 0 Å². The molecule has 0 fully saturated rings. The van der Waals surface area contributed by atoms with Crippen LogP contribution in [-0.2, 0) is 11.2 Å². The lowest BCUT2D eigenvalue weighted by Crippen LogP contribution is -2.43. The Balaban J connectivity index is 1.71. The highest BCUT2D eigenvalue weighted by atomic mass is 16.5. The summed E-state index contributed by atoms with van der Waals surface area (Å²) >= 11 is 0. The number of aliphatic imine (C=N–C) groups is 1. The molecule has 0 spiro atoms. The van der Waals surface area contributed by atoms with Crippen LogP contribution in [0.3, 0.4) is 0 Å². The number of primary amides is 1. The molecular formula is C17H24N4O2. The third-order valence-corrected chi connectivity index (χ3v) is 3.58. The molecule has 1 aliphatic rings. The van der Waals surface area contributed by atoms with Gasteiger partial charge in [-0.2, -0.15) is 0 Å². The number of hydrogen-bond donors (Lipinski definition) is 3. The summed E-state index contributed by atoms with van der Waals surface area (Å²) in [6, 6.07) is 8.10. The van der Waals surface area contributed by atoms with Gasteiger partial charge in [0.05, 0.1) is 0 Å². The molecule has 0 aromatic heterocycles. The predicted octanol–water partition coefficient (Wildman–Crippen LogP) is 0.977. The Hall–Kier alpha value is -2.50. The average Bonchev–Trinajstić information content (AvgIpc) is 3.06. The number of guanidine groups is 1. The molecule has 6 nitrogen and oxygen atoms in total. The zero-order valence-electron chi connectivity index (χ0n) is 13.4. The zero-order valence-corrected chi connectivity index (χ0v) is 13.4. The Bertz CT molecular complexity index is 558. The molecule has 124 valence electrons. The maximum atomic E-state index is 10.7. The number of carbonyl (C=O) groups excluding carboxylic acids is 1. The first-order valence-corrected chi connectivity index (χ1v) is 7.79. The van der Waals surface area contributed by atoms with E-state index in [1.54, 1.807) is 7.05 Å². The van der Waals surface area contributed by atoms with Gasteiger partial charge in [0.15, 0.2) is 12.6 Å². The van der Waals surface area contributed by atoms with E-state index in [0.29, 0.717) is 11.8 Å². The van der Waals surface area contributed by atoms with Crippen molar-refractivity contribution < 1.29 is 9.53 Å². The van der Waals surface area contributed by atoms with Gasteiger partial charge in [0.1, 0.15) is 5.75 Å². The highest BCUT2D eigenvalue weighted by molar-refractivity contribution is 5.80. The summed E-state index contributed by atoms with van der Waals surface area (Å²) in [6.07, 6.45) is 7.35. The van der Waals surface area contributed by atoms with Crippen LogP contribution < -0.4 is 21.1 Å². The SMILES string of the molecule is CN=C(NCCc1ccc(OCC(N)=O)cc1)NC1CC=CC1. The molecule has 6 heteroatoms. The van der Waals surface area contributed by atoms with Gasteiger partial charge in [-0.25, -0.2) is 0 Å². The molecule has 0 bridgehead atoms. The number of hydrogen-bond acceptors (Lipinski definition) is 3. The van der Waals surface area contributed by atoms with Crippen LogP contribution in [0.4, 0.5) is 0 Å². The van der Waals surface area contributed by atoms with Gasteiger partial charge in [-0.3, -0.25) is 9.79 Å². The zero-order chi connectivity index (χ0) is 16.5. The molecule has 0 radical (unpaired) electrons. The van der Waals surface area contributed by atoms with E-state index >= 15 is 0 Å². The van der Waals surface area contributed by atoms with Crippen molar-refractivity contribution in [3.63, 3.8) is 0 Å². The van der Waals surface area contributed by atoms with Crippen LogP contribution in [-0.4, -0.2) is 38.1 Å². The normalized spacial score (nSPS) is 14.7. The summed E-state index contributed by atoms with van der Waals surface area (Å²) in [5, 5.41) is 6.72. The number of nitrogens with zero attached hydrogens (tertiary/aromatic N) is 1. The molecular weight excluding hydrogens is 292 g/mol. The van der Waals surface area contributed by atoms with Gasteiger partial charge in [0, 0.05) is 19.6 Å². The maximum Gasteiger partial charge on any atom is 0.255 e. The summed E-state index contributed by atoms with van der Waals surface area (Å²) in [5.41, 5.74) is 6.22. The van der Waals surface area contributed by atoms with Crippen molar-refractivity contribution in [2.45, 2.75) is 25.3 Å². The van der Waals surface area contributed by atoms with Crippen LogP contribution in [0.15, 0.2) is 41.4 Å².